The second kappa shape index (κ2) is 4.35. The van der Waals surface area contributed by atoms with Crippen LogP contribution in [0.1, 0.15) is 30.6 Å². The number of hydrogen-bond donors (Lipinski definition) is 1. The van der Waals surface area contributed by atoms with Gasteiger partial charge in [0.05, 0.1) is 24.2 Å². The third-order valence-corrected chi connectivity index (χ3v) is 2.73. The van der Waals surface area contributed by atoms with E-state index in [0.717, 1.165) is 10.7 Å². The summed E-state index contributed by atoms with van der Waals surface area (Å²) in [4.78, 5) is 4.29. The van der Waals surface area contributed by atoms with E-state index < -0.39 is 0 Å². The van der Waals surface area contributed by atoms with Crippen LogP contribution in [0.25, 0.3) is 0 Å². The van der Waals surface area contributed by atoms with Gasteiger partial charge in [0.2, 0.25) is 0 Å². The molecular formula is C9H13N3S. The number of thiazole rings is 1. The molecule has 0 bridgehead atoms. The van der Waals surface area contributed by atoms with Crippen LogP contribution in [0.15, 0.2) is 5.38 Å². The average Bonchev–Trinajstić information content (AvgIpc) is 2.52. The summed E-state index contributed by atoms with van der Waals surface area (Å²) in [6, 6.07) is 2.06. The number of nitriles is 1. The Morgan fingerprint density at radius 3 is 2.92 bits per heavy atom. The van der Waals surface area contributed by atoms with Gasteiger partial charge in [-0.1, -0.05) is 13.8 Å². The first-order chi connectivity index (χ1) is 6.15. The molecule has 1 heterocycles. The Morgan fingerprint density at radius 2 is 2.38 bits per heavy atom. The van der Waals surface area contributed by atoms with Crippen molar-refractivity contribution in [1.82, 2.24) is 4.98 Å². The third-order valence-electron chi connectivity index (χ3n) is 1.86. The summed E-state index contributed by atoms with van der Waals surface area (Å²) in [6.07, 6.45) is 0.384. The summed E-state index contributed by atoms with van der Waals surface area (Å²) in [5.74, 6) is 0.386. The molecule has 13 heavy (non-hydrogen) atoms. The van der Waals surface area contributed by atoms with Gasteiger partial charge in [0.25, 0.3) is 0 Å². The number of rotatable bonds is 3. The summed E-state index contributed by atoms with van der Waals surface area (Å²) in [5, 5.41) is 11.3. The van der Waals surface area contributed by atoms with Crippen molar-refractivity contribution in [2.45, 2.75) is 26.3 Å². The Balaban J connectivity index is 2.74. The largest absolute Gasteiger partial charge is 0.322 e. The highest BCUT2D eigenvalue weighted by Gasteiger charge is 2.13. The summed E-state index contributed by atoms with van der Waals surface area (Å²) in [6.45, 7) is 4.13. The average molecular weight is 195 g/mol. The maximum atomic E-state index is 8.46. The predicted molar refractivity (Wildman–Crippen MR) is 53.2 cm³/mol. The molecule has 0 fully saturated rings. The fourth-order valence-electron chi connectivity index (χ4n) is 0.969. The molecule has 1 atom stereocenters. The van der Waals surface area contributed by atoms with Gasteiger partial charge in [-0.25, -0.2) is 4.98 Å². The van der Waals surface area contributed by atoms with Crippen LogP contribution in [0.5, 0.6) is 0 Å². The Bertz CT molecular complexity index is 311. The van der Waals surface area contributed by atoms with E-state index in [9.17, 15) is 0 Å². The molecule has 2 N–H and O–H groups in total. The first-order valence-electron chi connectivity index (χ1n) is 4.22. The molecule has 0 saturated heterocycles. The zero-order chi connectivity index (χ0) is 9.84. The van der Waals surface area contributed by atoms with Gasteiger partial charge in [0.15, 0.2) is 0 Å². The van der Waals surface area contributed by atoms with Crippen LogP contribution >= 0.6 is 11.3 Å². The Morgan fingerprint density at radius 1 is 1.69 bits per heavy atom. The van der Waals surface area contributed by atoms with Crippen molar-refractivity contribution in [3.05, 3.63) is 16.1 Å². The van der Waals surface area contributed by atoms with Crippen LogP contribution in [0.3, 0.4) is 0 Å². The molecule has 1 aromatic heterocycles. The molecule has 0 aliphatic rings. The lowest BCUT2D eigenvalue weighted by Crippen LogP contribution is -2.16. The molecule has 0 aliphatic carbocycles. The van der Waals surface area contributed by atoms with Gasteiger partial charge < -0.3 is 5.73 Å². The summed E-state index contributed by atoms with van der Waals surface area (Å²) in [5.41, 5.74) is 6.82. The lowest BCUT2D eigenvalue weighted by molar-refractivity contribution is 0.504. The van der Waals surface area contributed by atoms with Gasteiger partial charge in [-0.15, -0.1) is 11.3 Å². The molecular weight excluding hydrogens is 182 g/mol. The summed E-state index contributed by atoms with van der Waals surface area (Å²) in [7, 11) is 0. The van der Waals surface area contributed by atoms with Crippen molar-refractivity contribution >= 4 is 11.3 Å². The zero-order valence-electron chi connectivity index (χ0n) is 7.82. The smallest absolute Gasteiger partial charge is 0.107 e. The minimum Gasteiger partial charge on any atom is -0.322 e. The quantitative estimate of drug-likeness (QED) is 0.800. The monoisotopic (exact) mass is 195 g/mol. The highest BCUT2D eigenvalue weighted by atomic mass is 32.1. The fourth-order valence-corrected chi connectivity index (χ4v) is 1.74. The number of nitrogens with zero attached hydrogens (tertiary/aromatic N) is 2. The van der Waals surface area contributed by atoms with Crippen LogP contribution < -0.4 is 5.73 Å². The van der Waals surface area contributed by atoms with Gasteiger partial charge >= 0.3 is 0 Å². The molecule has 1 unspecified atom stereocenters. The summed E-state index contributed by atoms with van der Waals surface area (Å²) >= 11 is 1.51. The molecule has 0 aromatic carbocycles. The van der Waals surface area contributed by atoms with Crippen molar-refractivity contribution in [1.29, 1.82) is 5.26 Å². The molecule has 0 radical (unpaired) electrons. The number of nitrogens with two attached hydrogens (primary N) is 1. The van der Waals surface area contributed by atoms with Crippen molar-refractivity contribution in [3.63, 3.8) is 0 Å². The van der Waals surface area contributed by atoms with Gasteiger partial charge in [-0.05, 0) is 5.92 Å². The van der Waals surface area contributed by atoms with E-state index in [2.05, 4.69) is 24.9 Å². The molecule has 0 spiro atoms. The molecule has 3 nitrogen and oxygen atoms in total. The molecule has 70 valence electrons. The molecule has 0 saturated carbocycles. The summed E-state index contributed by atoms with van der Waals surface area (Å²) < 4.78 is 0. The predicted octanol–water partition coefficient (Wildman–Crippen LogP) is 1.86. The van der Waals surface area contributed by atoms with Crippen LogP contribution in [0.2, 0.25) is 0 Å². The fraction of sp³-hybridized carbons (Fsp3) is 0.556. The van der Waals surface area contributed by atoms with Crippen molar-refractivity contribution in [2.75, 3.05) is 0 Å². The Kier molecular flexibility index (Phi) is 3.40. The first-order valence-corrected chi connectivity index (χ1v) is 5.10. The van der Waals surface area contributed by atoms with Crippen LogP contribution in [-0.2, 0) is 6.42 Å². The lowest BCUT2D eigenvalue weighted by Gasteiger charge is -2.11. The second-order valence-corrected chi connectivity index (χ2v) is 4.21. The highest BCUT2D eigenvalue weighted by molar-refractivity contribution is 7.09. The minimum absolute atomic E-state index is 0.0105. The Labute approximate surface area is 82.2 Å². The molecule has 4 heteroatoms. The van der Waals surface area contributed by atoms with E-state index in [-0.39, 0.29) is 6.04 Å². The molecule has 0 amide bonds. The number of hydrogen-bond acceptors (Lipinski definition) is 4. The van der Waals surface area contributed by atoms with Gasteiger partial charge in [-0.2, -0.15) is 5.26 Å². The van der Waals surface area contributed by atoms with E-state index in [1.54, 1.807) is 0 Å². The normalized spacial score (nSPS) is 12.8. The van der Waals surface area contributed by atoms with E-state index >= 15 is 0 Å². The second-order valence-electron chi connectivity index (χ2n) is 3.27. The molecule has 1 aromatic rings. The standard InChI is InChI=1S/C9H13N3S/c1-6(2)9(11)7-5-13-8(12-7)3-4-10/h5-6,9H,3,11H2,1-2H3. The van der Waals surface area contributed by atoms with Gasteiger partial charge in [0.1, 0.15) is 5.01 Å². The van der Waals surface area contributed by atoms with E-state index in [4.69, 9.17) is 11.0 Å². The van der Waals surface area contributed by atoms with Crippen molar-refractivity contribution in [3.8, 4) is 6.07 Å². The number of aromatic nitrogens is 1. The third kappa shape index (κ3) is 2.51. The molecule has 1 rings (SSSR count). The zero-order valence-corrected chi connectivity index (χ0v) is 8.64. The lowest BCUT2D eigenvalue weighted by atomic mass is 10.0. The topological polar surface area (TPSA) is 62.7 Å². The Hall–Kier alpha value is -0.920. The van der Waals surface area contributed by atoms with Gasteiger partial charge in [-0.3, -0.25) is 0 Å². The SMILES string of the molecule is CC(C)C(N)c1csc(CC#N)n1. The van der Waals surface area contributed by atoms with Gasteiger partial charge in [0, 0.05) is 5.38 Å². The van der Waals surface area contributed by atoms with E-state index in [1.807, 2.05) is 5.38 Å². The van der Waals surface area contributed by atoms with Crippen LogP contribution in [0, 0.1) is 17.2 Å². The van der Waals surface area contributed by atoms with Crippen molar-refractivity contribution in [2.24, 2.45) is 11.7 Å². The maximum absolute atomic E-state index is 8.46. The van der Waals surface area contributed by atoms with Crippen LogP contribution in [-0.4, -0.2) is 4.98 Å². The van der Waals surface area contributed by atoms with E-state index in [0.29, 0.717) is 12.3 Å². The minimum atomic E-state index is -0.0105. The molecule has 0 aliphatic heterocycles. The maximum Gasteiger partial charge on any atom is 0.107 e. The van der Waals surface area contributed by atoms with E-state index in [1.165, 1.54) is 11.3 Å². The van der Waals surface area contributed by atoms with Crippen LogP contribution in [0.4, 0.5) is 0 Å². The first kappa shape index (κ1) is 10.2. The highest BCUT2D eigenvalue weighted by Crippen LogP contribution is 2.20. The van der Waals surface area contributed by atoms with Crippen molar-refractivity contribution < 1.29 is 0 Å².